The number of carbonyl (C=O) groups is 1. The zero-order valence-electron chi connectivity index (χ0n) is 8.73. The molecule has 1 aliphatic heterocycles. The first kappa shape index (κ1) is 9.83. The number of hydrogen-bond acceptors (Lipinski definition) is 3. The van der Waals surface area contributed by atoms with E-state index in [-0.39, 0.29) is 11.9 Å². The summed E-state index contributed by atoms with van der Waals surface area (Å²) in [6.07, 6.45) is 0.837. The van der Waals surface area contributed by atoms with Crippen LogP contribution in [0.25, 0.3) is 0 Å². The number of hydrogen-bond donors (Lipinski definition) is 2. The predicted octanol–water partition coefficient (Wildman–Crippen LogP) is 0.641. The van der Waals surface area contributed by atoms with Crippen molar-refractivity contribution in [2.45, 2.75) is 19.4 Å². The fraction of sp³-hybridized carbons (Fsp3) is 0.364. The van der Waals surface area contributed by atoms with E-state index in [9.17, 15) is 4.79 Å². The largest absolute Gasteiger partial charge is 0.398 e. The zero-order chi connectivity index (χ0) is 11.0. The lowest BCUT2D eigenvalue weighted by Gasteiger charge is -2.41. The number of benzene rings is 1. The monoisotopic (exact) mass is 205 g/mol. The van der Waals surface area contributed by atoms with Gasteiger partial charge in [-0.1, -0.05) is 6.07 Å². The normalized spacial score (nSPS) is 19.8. The van der Waals surface area contributed by atoms with Gasteiger partial charge >= 0.3 is 0 Å². The number of nitrogen functional groups attached to an aromatic ring is 1. The van der Waals surface area contributed by atoms with E-state index < -0.39 is 0 Å². The van der Waals surface area contributed by atoms with Crippen molar-refractivity contribution in [3.8, 4) is 0 Å². The van der Waals surface area contributed by atoms with Crippen LogP contribution < -0.4 is 16.4 Å². The van der Waals surface area contributed by atoms with E-state index in [1.54, 1.807) is 0 Å². The predicted molar refractivity (Wildman–Crippen MR) is 60.5 cm³/mol. The van der Waals surface area contributed by atoms with Crippen LogP contribution in [-0.2, 0) is 4.79 Å². The maximum atomic E-state index is 11.1. The summed E-state index contributed by atoms with van der Waals surface area (Å²) in [4.78, 5) is 13.1. The number of amides is 1. The molecule has 2 rings (SSSR count). The van der Waals surface area contributed by atoms with Crippen LogP contribution in [0.3, 0.4) is 0 Å². The van der Waals surface area contributed by atoms with Crippen molar-refractivity contribution in [3.05, 3.63) is 23.8 Å². The van der Waals surface area contributed by atoms with Gasteiger partial charge in [0.2, 0.25) is 5.91 Å². The molecule has 0 radical (unpaired) electrons. The first-order chi connectivity index (χ1) is 7.11. The van der Waals surface area contributed by atoms with Crippen molar-refractivity contribution in [3.63, 3.8) is 0 Å². The van der Waals surface area contributed by atoms with E-state index in [2.05, 4.69) is 0 Å². The Kier molecular flexibility index (Phi) is 2.26. The molecule has 1 amide bonds. The molecule has 1 aliphatic rings. The van der Waals surface area contributed by atoms with Crippen molar-refractivity contribution in [2.75, 3.05) is 17.2 Å². The average Bonchev–Trinajstić information content (AvgIpc) is 2.10. The molecule has 1 atom stereocenters. The highest BCUT2D eigenvalue weighted by molar-refractivity contribution is 5.86. The van der Waals surface area contributed by atoms with Gasteiger partial charge < -0.3 is 16.4 Å². The van der Waals surface area contributed by atoms with Gasteiger partial charge in [0, 0.05) is 17.9 Å². The van der Waals surface area contributed by atoms with Crippen molar-refractivity contribution in [2.24, 2.45) is 5.73 Å². The van der Waals surface area contributed by atoms with Crippen molar-refractivity contribution in [1.29, 1.82) is 0 Å². The number of nitrogens with two attached hydrogens (primary N) is 2. The van der Waals surface area contributed by atoms with E-state index in [4.69, 9.17) is 11.5 Å². The third-order valence-electron chi connectivity index (χ3n) is 3.00. The van der Waals surface area contributed by atoms with E-state index >= 15 is 0 Å². The Morgan fingerprint density at radius 1 is 1.53 bits per heavy atom. The maximum absolute atomic E-state index is 11.1. The minimum atomic E-state index is -0.261. The molecule has 1 aromatic carbocycles. The molecule has 4 nitrogen and oxygen atoms in total. The lowest BCUT2D eigenvalue weighted by atomic mass is 9.99. The second-order valence-electron chi connectivity index (χ2n) is 3.89. The molecule has 0 aromatic heterocycles. The van der Waals surface area contributed by atoms with Crippen molar-refractivity contribution < 1.29 is 4.79 Å². The third-order valence-corrected chi connectivity index (χ3v) is 3.00. The molecule has 1 fully saturated rings. The summed E-state index contributed by atoms with van der Waals surface area (Å²) in [6, 6.07) is 5.57. The molecule has 0 bridgehead atoms. The number of rotatable bonds is 2. The van der Waals surface area contributed by atoms with Crippen LogP contribution in [0.15, 0.2) is 18.2 Å². The Bertz CT molecular complexity index is 403. The minimum absolute atomic E-state index is 0.162. The number of anilines is 2. The molecule has 1 saturated heterocycles. The SMILES string of the molecule is Cc1c(N)cccc1N1CCC1C(N)=O. The second-order valence-corrected chi connectivity index (χ2v) is 3.89. The van der Waals surface area contributed by atoms with Gasteiger partial charge in [0.05, 0.1) is 0 Å². The highest BCUT2D eigenvalue weighted by atomic mass is 16.1. The average molecular weight is 205 g/mol. The van der Waals surface area contributed by atoms with Gasteiger partial charge in [0.25, 0.3) is 0 Å². The lowest BCUT2D eigenvalue weighted by molar-refractivity contribution is -0.120. The van der Waals surface area contributed by atoms with Crippen molar-refractivity contribution >= 4 is 17.3 Å². The third kappa shape index (κ3) is 1.52. The molecule has 0 saturated carbocycles. The lowest BCUT2D eigenvalue weighted by Crippen LogP contribution is -2.55. The molecule has 1 heterocycles. The fourth-order valence-electron chi connectivity index (χ4n) is 1.92. The zero-order valence-corrected chi connectivity index (χ0v) is 8.73. The first-order valence-electron chi connectivity index (χ1n) is 5.02. The molecule has 0 aliphatic carbocycles. The summed E-state index contributed by atoms with van der Waals surface area (Å²) in [5, 5.41) is 0. The molecule has 1 aromatic rings. The summed E-state index contributed by atoms with van der Waals surface area (Å²) in [5.74, 6) is -0.261. The van der Waals surface area contributed by atoms with Crippen LogP contribution in [0.1, 0.15) is 12.0 Å². The highest BCUT2D eigenvalue weighted by Crippen LogP contribution is 2.31. The van der Waals surface area contributed by atoms with Gasteiger partial charge in [-0.2, -0.15) is 0 Å². The summed E-state index contributed by atoms with van der Waals surface area (Å²) in [6.45, 7) is 2.83. The Hall–Kier alpha value is -1.71. The highest BCUT2D eigenvalue weighted by Gasteiger charge is 2.33. The molecule has 15 heavy (non-hydrogen) atoms. The summed E-state index contributed by atoms with van der Waals surface area (Å²) in [7, 11) is 0. The number of primary amides is 1. The minimum Gasteiger partial charge on any atom is -0.398 e. The van der Waals surface area contributed by atoms with Gasteiger partial charge in [0.15, 0.2) is 0 Å². The Balaban J connectivity index is 2.31. The van der Waals surface area contributed by atoms with E-state index in [0.29, 0.717) is 0 Å². The second kappa shape index (κ2) is 3.46. The Morgan fingerprint density at radius 3 is 2.80 bits per heavy atom. The summed E-state index contributed by atoms with van der Waals surface area (Å²) >= 11 is 0. The molecular weight excluding hydrogens is 190 g/mol. The first-order valence-corrected chi connectivity index (χ1v) is 5.02. The van der Waals surface area contributed by atoms with E-state index in [1.165, 1.54) is 0 Å². The van der Waals surface area contributed by atoms with Crippen molar-refractivity contribution in [1.82, 2.24) is 0 Å². The van der Waals surface area contributed by atoms with Gasteiger partial charge in [-0.05, 0) is 31.0 Å². The Morgan fingerprint density at radius 2 is 2.27 bits per heavy atom. The molecule has 4 heteroatoms. The molecule has 80 valence electrons. The molecule has 1 unspecified atom stereocenters. The van der Waals surface area contributed by atoms with Crippen LogP contribution >= 0.6 is 0 Å². The van der Waals surface area contributed by atoms with Gasteiger partial charge in [-0.3, -0.25) is 4.79 Å². The van der Waals surface area contributed by atoms with Crippen LogP contribution in [0.4, 0.5) is 11.4 Å². The van der Waals surface area contributed by atoms with E-state index in [1.807, 2.05) is 30.0 Å². The fourth-order valence-corrected chi connectivity index (χ4v) is 1.92. The van der Waals surface area contributed by atoms with Gasteiger partial charge in [-0.25, -0.2) is 0 Å². The maximum Gasteiger partial charge on any atom is 0.240 e. The molecular formula is C11H15N3O. The van der Waals surface area contributed by atoms with Crippen LogP contribution in [0.5, 0.6) is 0 Å². The molecule has 0 spiro atoms. The number of nitrogens with zero attached hydrogens (tertiary/aromatic N) is 1. The van der Waals surface area contributed by atoms with Gasteiger partial charge in [-0.15, -0.1) is 0 Å². The van der Waals surface area contributed by atoms with Crippen LogP contribution in [0, 0.1) is 6.92 Å². The Labute approximate surface area is 88.9 Å². The summed E-state index contributed by atoms with van der Waals surface area (Å²) < 4.78 is 0. The van der Waals surface area contributed by atoms with Crippen LogP contribution in [-0.4, -0.2) is 18.5 Å². The standard InChI is InChI=1S/C11H15N3O/c1-7-8(12)3-2-4-9(7)14-6-5-10(14)11(13)15/h2-4,10H,5-6,12H2,1H3,(H2,13,15). The number of carbonyl (C=O) groups excluding carboxylic acids is 1. The smallest absolute Gasteiger partial charge is 0.240 e. The quantitative estimate of drug-likeness (QED) is 0.696. The topological polar surface area (TPSA) is 72.3 Å². The summed E-state index contributed by atoms with van der Waals surface area (Å²) in [5.41, 5.74) is 13.9. The van der Waals surface area contributed by atoms with E-state index in [0.717, 1.165) is 29.9 Å². The van der Waals surface area contributed by atoms with Crippen LogP contribution in [0.2, 0.25) is 0 Å². The molecule has 4 N–H and O–H groups in total. The van der Waals surface area contributed by atoms with Gasteiger partial charge in [0.1, 0.15) is 6.04 Å².